The summed E-state index contributed by atoms with van der Waals surface area (Å²) in [4.78, 5) is 11.6. The Kier molecular flexibility index (Phi) is 6.93. The van der Waals surface area contributed by atoms with Gasteiger partial charge in [0, 0.05) is 0 Å². The first-order valence-electron chi connectivity index (χ1n) is 12.3. The van der Waals surface area contributed by atoms with Gasteiger partial charge in [0.2, 0.25) is 0 Å². The maximum absolute atomic E-state index is 11.6. The minimum atomic E-state index is -0.783. The molecule has 184 valence electrons. The zero-order chi connectivity index (χ0) is 24.5. The van der Waals surface area contributed by atoms with E-state index >= 15 is 0 Å². The minimum absolute atomic E-state index is 0. The molecule has 6 aromatic rings. The second-order valence-electron chi connectivity index (χ2n) is 9.33. The molecule has 0 saturated carbocycles. The minimum Gasteiger partial charge on any atom is -1.00 e. The van der Waals surface area contributed by atoms with Gasteiger partial charge in [0.1, 0.15) is 13.1 Å². The molecule has 5 aromatic carbocycles. The standard InChI is InChI=1S/C32H26N2O2.ClH/c35-32(36)18-17-31-33(21-23-13-15-25-7-1-3-9-27(25)19-23)29-11-5-6-12-30(29)34(31)22-24-14-16-26-8-2-4-10-28(26)20-24;/h1-16,19-20H,17-18,21-22H2;1H. The van der Waals surface area contributed by atoms with Gasteiger partial charge in [-0.3, -0.25) is 4.79 Å². The summed E-state index contributed by atoms with van der Waals surface area (Å²) in [6, 6.07) is 38.3. The van der Waals surface area contributed by atoms with Gasteiger partial charge in [-0.15, -0.1) is 0 Å². The first-order valence-corrected chi connectivity index (χ1v) is 12.3. The number of imidazole rings is 1. The molecular weight excluding hydrogens is 480 g/mol. The van der Waals surface area contributed by atoms with Crippen molar-refractivity contribution >= 4 is 38.5 Å². The summed E-state index contributed by atoms with van der Waals surface area (Å²) < 4.78 is 4.59. The van der Waals surface area contributed by atoms with Crippen LogP contribution in [0.4, 0.5) is 0 Å². The lowest BCUT2D eigenvalue weighted by Gasteiger charge is -2.08. The number of hydrogen-bond donors (Lipinski definition) is 1. The van der Waals surface area contributed by atoms with E-state index in [4.69, 9.17) is 0 Å². The second-order valence-corrected chi connectivity index (χ2v) is 9.33. The van der Waals surface area contributed by atoms with E-state index in [2.05, 4.69) is 118 Å². The van der Waals surface area contributed by atoms with E-state index in [1.165, 1.54) is 32.7 Å². The van der Waals surface area contributed by atoms with Crippen molar-refractivity contribution < 1.29 is 26.9 Å². The Morgan fingerprint density at radius 3 is 1.95 bits per heavy atom. The fourth-order valence-electron chi connectivity index (χ4n) is 5.23. The van der Waals surface area contributed by atoms with Gasteiger partial charge in [0.25, 0.3) is 5.82 Å². The highest BCUT2D eigenvalue weighted by molar-refractivity contribution is 5.84. The van der Waals surface area contributed by atoms with E-state index in [9.17, 15) is 9.90 Å². The Labute approximate surface area is 221 Å². The van der Waals surface area contributed by atoms with Crippen LogP contribution in [0.5, 0.6) is 0 Å². The highest BCUT2D eigenvalue weighted by Crippen LogP contribution is 2.22. The van der Waals surface area contributed by atoms with Crippen LogP contribution in [-0.4, -0.2) is 15.6 Å². The van der Waals surface area contributed by atoms with E-state index in [0.29, 0.717) is 19.5 Å². The van der Waals surface area contributed by atoms with Crippen LogP contribution in [-0.2, 0) is 24.3 Å². The highest BCUT2D eigenvalue weighted by atomic mass is 35.5. The van der Waals surface area contributed by atoms with Crippen LogP contribution in [0.25, 0.3) is 32.6 Å². The number of carbonyl (C=O) groups is 1. The van der Waals surface area contributed by atoms with Gasteiger partial charge in [-0.2, -0.15) is 0 Å². The average Bonchev–Trinajstić information content (AvgIpc) is 3.19. The number of para-hydroxylation sites is 2. The first-order chi connectivity index (χ1) is 17.7. The Hall–Kier alpha value is -4.15. The van der Waals surface area contributed by atoms with Crippen LogP contribution < -0.4 is 17.0 Å². The molecule has 0 unspecified atom stereocenters. The van der Waals surface area contributed by atoms with Crippen LogP contribution >= 0.6 is 0 Å². The van der Waals surface area contributed by atoms with Crippen molar-refractivity contribution in [2.24, 2.45) is 0 Å². The molecule has 0 bridgehead atoms. The predicted molar refractivity (Wildman–Crippen MR) is 144 cm³/mol. The maximum Gasteiger partial charge on any atom is 0.303 e. The zero-order valence-corrected chi connectivity index (χ0v) is 21.1. The van der Waals surface area contributed by atoms with Gasteiger partial charge in [-0.05, 0) is 56.9 Å². The monoisotopic (exact) mass is 506 g/mol. The van der Waals surface area contributed by atoms with E-state index in [-0.39, 0.29) is 18.8 Å². The Balaban J connectivity index is 0.00000280. The van der Waals surface area contributed by atoms with Gasteiger partial charge in [-0.25, -0.2) is 9.13 Å². The van der Waals surface area contributed by atoms with Gasteiger partial charge >= 0.3 is 5.97 Å². The molecule has 1 N–H and O–H groups in total. The number of rotatable bonds is 7. The third-order valence-electron chi connectivity index (χ3n) is 6.96. The van der Waals surface area contributed by atoms with E-state index in [1.807, 2.05) is 0 Å². The number of aliphatic carboxylic acids is 1. The highest BCUT2D eigenvalue weighted by Gasteiger charge is 2.26. The van der Waals surface area contributed by atoms with Gasteiger partial charge in [-0.1, -0.05) is 84.9 Å². The molecule has 0 aliphatic rings. The SMILES string of the molecule is O=C(O)CCc1n(Cc2ccc3ccccc3c2)c2ccccc2[n+]1Cc1ccc2ccccc2c1.[Cl-]. The van der Waals surface area contributed by atoms with Crippen LogP contribution in [0, 0.1) is 0 Å². The van der Waals surface area contributed by atoms with E-state index in [0.717, 1.165) is 16.9 Å². The number of aromatic nitrogens is 2. The summed E-state index contributed by atoms with van der Waals surface area (Å²) in [5, 5.41) is 14.4. The summed E-state index contributed by atoms with van der Waals surface area (Å²) in [5.74, 6) is 0.245. The summed E-state index contributed by atoms with van der Waals surface area (Å²) in [6.07, 6.45) is 0.553. The molecule has 37 heavy (non-hydrogen) atoms. The molecule has 0 saturated heterocycles. The molecule has 0 amide bonds. The van der Waals surface area contributed by atoms with Crippen molar-refractivity contribution in [1.29, 1.82) is 0 Å². The molecule has 0 fully saturated rings. The Morgan fingerprint density at radius 2 is 1.27 bits per heavy atom. The number of fused-ring (bicyclic) bond motifs is 3. The van der Waals surface area contributed by atoms with Gasteiger partial charge in [0.15, 0.2) is 11.0 Å². The number of carboxylic acids is 1. The van der Waals surface area contributed by atoms with Crippen molar-refractivity contribution in [3.63, 3.8) is 0 Å². The second kappa shape index (κ2) is 10.5. The predicted octanol–water partition coefficient (Wildman–Crippen LogP) is 3.35. The molecule has 0 spiro atoms. The van der Waals surface area contributed by atoms with E-state index in [1.54, 1.807) is 0 Å². The third-order valence-corrected chi connectivity index (χ3v) is 6.96. The first kappa shape index (κ1) is 24.5. The third kappa shape index (κ3) is 4.93. The summed E-state index contributed by atoms with van der Waals surface area (Å²) >= 11 is 0. The van der Waals surface area contributed by atoms with Crippen molar-refractivity contribution in [3.8, 4) is 0 Å². The van der Waals surface area contributed by atoms with Crippen molar-refractivity contribution in [2.45, 2.75) is 25.9 Å². The molecule has 0 aliphatic carbocycles. The summed E-state index contributed by atoms with van der Waals surface area (Å²) in [7, 11) is 0. The lowest BCUT2D eigenvalue weighted by molar-refractivity contribution is -0.671. The number of carboxylic acid groups (broad SMARTS) is 1. The molecule has 6 rings (SSSR count). The lowest BCUT2D eigenvalue weighted by Crippen LogP contribution is -3.00. The largest absolute Gasteiger partial charge is 1.00 e. The number of hydrogen-bond acceptors (Lipinski definition) is 1. The van der Waals surface area contributed by atoms with Crippen molar-refractivity contribution in [1.82, 2.24) is 4.57 Å². The van der Waals surface area contributed by atoms with Crippen LogP contribution in [0.15, 0.2) is 109 Å². The fraction of sp³-hybridized carbons (Fsp3) is 0.125. The molecule has 0 atom stereocenters. The summed E-state index contributed by atoms with van der Waals surface area (Å²) in [5.41, 5.74) is 4.63. The quantitative estimate of drug-likeness (QED) is 0.338. The molecule has 1 aromatic heterocycles. The average molecular weight is 507 g/mol. The van der Waals surface area contributed by atoms with Crippen molar-refractivity contribution in [2.75, 3.05) is 0 Å². The van der Waals surface area contributed by atoms with Gasteiger partial charge in [0.05, 0.1) is 12.8 Å². The summed E-state index contributed by atoms with van der Waals surface area (Å²) in [6.45, 7) is 1.37. The Morgan fingerprint density at radius 1 is 0.703 bits per heavy atom. The Bertz CT molecular complexity index is 1620. The number of benzene rings is 5. The van der Waals surface area contributed by atoms with Gasteiger partial charge < -0.3 is 17.5 Å². The zero-order valence-electron chi connectivity index (χ0n) is 20.3. The van der Waals surface area contributed by atoms with Crippen LogP contribution in [0.3, 0.4) is 0 Å². The normalized spacial score (nSPS) is 11.1. The molecule has 4 nitrogen and oxygen atoms in total. The molecular formula is C32H27ClN2O2. The fourth-order valence-corrected chi connectivity index (χ4v) is 5.23. The van der Waals surface area contributed by atoms with Crippen LogP contribution in [0.1, 0.15) is 23.4 Å². The smallest absolute Gasteiger partial charge is 0.303 e. The lowest BCUT2D eigenvalue weighted by atomic mass is 10.1. The maximum atomic E-state index is 11.6. The number of nitrogens with zero attached hydrogens (tertiary/aromatic N) is 2. The van der Waals surface area contributed by atoms with Crippen LogP contribution in [0.2, 0.25) is 0 Å². The number of halogens is 1. The molecule has 0 aliphatic heterocycles. The topological polar surface area (TPSA) is 46.1 Å². The molecule has 0 radical (unpaired) electrons. The van der Waals surface area contributed by atoms with Crippen molar-refractivity contribution in [3.05, 3.63) is 126 Å². The molecule has 5 heteroatoms. The van der Waals surface area contributed by atoms with E-state index < -0.39 is 5.97 Å². The molecule has 1 heterocycles.